The Morgan fingerprint density at radius 3 is 2.18 bits per heavy atom. The van der Waals surface area contributed by atoms with Gasteiger partial charge in [0.15, 0.2) is 0 Å². The summed E-state index contributed by atoms with van der Waals surface area (Å²) in [6, 6.07) is 3.08. The minimum Gasteiger partial charge on any atom is -0.506 e. The molecule has 0 saturated carbocycles. The SMILES string of the molecule is OCCN(CCO)Cc1cc(Cl)cc(Cl)c1O. The minimum atomic E-state index is -0.0188. The van der Waals surface area contributed by atoms with Gasteiger partial charge in [-0.2, -0.15) is 0 Å². The van der Waals surface area contributed by atoms with Gasteiger partial charge in [-0.3, -0.25) is 4.90 Å². The van der Waals surface area contributed by atoms with Crippen molar-refractivity contribution in [2.45, 2.75) is 6.54 Å². The highest BCUT2D eigenvalue weighted by atomic mass is 35.5. The molecule has 3 N–H and O–H groups in total. The number of aliphatic hydroxyl groups is 2. The topological polar surface area (TPSA) is 63.9 Å². The molecule has 0 aromatic heterocycles. The molecular weight excluding hydrogens is 265 g/mol. The Balaban J connectivity index is 2.84. The smallest absolute Gasteiger partial charge is 0.138 e. The van der Waals surface area contributed by atoms with Gasteiger partial charge in [0.25, 0.3) is 0 Å². The zero-order valence-corrected chi connectivity index (χ0v) is 10.7. The molecule has 0 heterocycles. The molecule has 17 heavy (non-hydrogen) atoms. The van der Waals surface area contributed by atoms with Crippen LogP contribution in [0.4, 0.5) is 0 Å². The van der Waals surface area contributed by atoms with Gasteiger partial charge in [-0.1, -0.05) is 23.2 Å². The highest BCUT2D eigenvalue weighted by molar-refractivity contribution is 6.35. The molecular formula is C11H15Cl2NO3. The number of benzene rings is 1. The number of hydrogen-bond acceptors (Lipinski definition) is 4. The fraction of sp³-hybridized carbons (Fsp3) is 0.455. The predicted octanol–water partition coefficient (Wildman–Crippen LogP) is 1.49. The lowest BCUT2D eigenvalue weighted by atomic mass is 10.2. The predicted molar refractivity (Wildman–Crippen MR) is 67.6 cm³/mol. The summed E-state index contributed by atoms with van der Waals surface area (Å²) in [6.45, 7) is 1.14. The maximum Gasteiger partial charge on any atom is 0.138 e. The average molecular weight is 280 g/mol. The number of hydrogen-bond donors (Lipinski definition) is 3. The van der Waals surface area contributed by atoms with Crippen LogP contribution in [0.15, 0.2) is 12.1 Å². The molecule has 0 fully saturated rings. The van der Waals surface area contributed by atoms with Crippen molar-refractivity contribution < 1.29 is 15.3 Å². The zero-order valence-electron chi connectivity index (χ0n) is 9.24. The number of nitrogens with zero attached hydrogens (tertiary/aromatic N) is 1. The van der Waals surface area contributed by atoms with Crippen molar-refractivity contribution in [2.24, 2.45) is 0 Å². The van der Waals surface area contributed by atoms with E-state index in [2.05, 4.69) is 0 Å². The van der Waals surface area contributed by atoms with Gasteiger partial charge in [0, 0.05) is 30.2 Å². The lowest BCUT2D eigenvalue weighted by Crippen LogP contribution is -2.29. The van der Waals surface area contributed by atoms with Crippen LogP contribution in [0.3, 0.4) is 0 Å². The molecule has 6 heteroatoms. The fourth-order valence-electron chi connectivity index (χ4n) is 1.53. The van der Waals surface area contributed by atoms with Crippen molar-refractivity contribution in [1.29, 1.82) is 0 Å². The summed E-state index contributed by atoms with van der Waals surface area (Å²) in [7, 11) is 0. The molecule has 0 aliphatic rings. The lowest BCUT2D eigenvalue weighted by Gasteiger charge is -2.21. The summed E-state index contributed by atoms with van der Waals surface area (Å²) < 4.78 is 0. The van der Waals surface area contributed by atoms with Gasteiger partial charge < -0.3 is 15.3 Å². The van der Waals surface area contributed by atoms with E-state index in [9.17, 15) is 5.11 Å². The Labute approximate surface area is 110 Å². The first-order valence-corrected chi connectivity index (χ1v) is 5.95. The third-order valence-corrected chi connectivity index (χ3v) is 2.84. The van der Waals surface area contributed by atoms with Gasteiger partial charge in [0.1, 0.15) is 5.75 Å². The van der Waals surface area contributed by atoms with Crippen LogP contribution in [0.2, 0.25) is 10.0 Å². The summed E-state index contributed by atoms with van der Waals surface area (Å²) in [5.74, 6) is -0.0167. The van der Waals surface area contributed by atoms with Crippen molar-refractivity contribution in [3.05, 3.63) is 27.7 Å². The number of rotatable bonds is 6. The lowest BCUT2D eigenvalue weighted by molar-refractivity contribution is 0.155. The first-order chi connectivity index (χ1) is 8.08. The van der Waals surface area contributed by atoms with E-state index < -0.39 is 0 Å². The molecule has 0 aliphatic carbocycles. The number of halogens is 2. The van der Waals surface area contributed by atoms with Crippen LogP contribution in [0.25, 0.3) is 0 Å². The highest BCUT2D eigenvalue weighted by Crippen LogP contribution is 2.31. The van der Waals surface area contributed by atoms with Gasteiger partial charge in [-0.15, -0.1) is 0 Å². The van der Waals surface area contributed by atoms with E-state index in [1.165, 1.54) is 6.07 Å². The maximum atomic E-state index is 9.77. The van der Waals surface area contributed by atoms with E-state index in [1.807, 2.05) is 0 Å². The van der Waals surface area contributed by atoms with Crippen molar-refractivity contribution >= 4 is 23.2 Å². The van der Waals surface area contributed by atoms with Crippen molar-refractivity contribution in [1.82, 2.24) is 4.90 Å². The Hall–Kier alpha value is -0.520. The van der Waals surface area contributed by atoms with Gasteiger partial charge in [-0.25, -0.2) is 0 Å². The van der Waals surface area contributed by atoms with Gasteiger partial charge in [0.2, 0.25) is 0 Å². The third kappa shape index (κ3) is 4.33. The second kappa shape index (κ2) is 7.03. The molecule has 0 radical (unpaired) electrons. The Kier molecular flexibility index (Phi) is 6.02. The van der Waals surface area contributed by atoms with Crippen LogP contribution in [0.5, 0.6) is 5.75 Å². The second-order valence-corrected chi connectivity index (χ2v) is 4.46. The van der Waals surface area contributed by atoms with Crippen LogP contribution in [-0.2, 0) is 6.54 Å². The van der Waals surface area contributed by atoms with Crippen molar-refractivity contribution in [3.8, 4) is 5.75 Å². The number of aliphatic hydroxyl groups excluding tert-OH is 2. The molecule has 0 atom stereocenters. The zero-order chi connectivity index (χ0) is 12.8. The molecule has 1 rings (SSSR count). The average Bonchev–Trinajstić information content (AvgIpc) is 2.26. The Morgan fingerprint density at radius 2 is 1.65 bits per heavy atom. The molecule has 1 aromatic carbocycles. The van der Waals surface area contributed by atoms with E-state index in [4.69, 9.17) is 33.4 Å². The molecule has 0 aliphatic heterocycles. The van der Waals surface area contributed by atoms with Crippen LogP contribution in [0, 0.1) is 0 Å². The van der Waals surface area contributed by atoms with Crippen molar-refractivity contribution in [2.75, 3.05) is 26.3 Å². The molecule has 0 spiro atoms. The summed E-state index contributed by atoms with van der Waals surface area (Å²) in [6.07, 6.45) is 0. The van der Waals surface area contributed by atoms with Crippen LogP contribution < -0.4 is 0 Å². The highest BCUT2D eigenvalue weighted by Gasteiger charge is 2.12. The van der Waals surface area contributed by atoms with Gasteiger partial charge >= 0.3 is 0 Å². The summed E-state index contributed by atoms with van der Waals surface area (Å²) >= 11 is 11.7. The number of phenolic OH excluding ortho intramolecular Hbond substituents is 1. The first-order valence-electron chi connectivity index (χ1n) is 5.19. The van der Waals surface area contributed by atoms with E-state index in [0.717, 1.165) is 0 Å². The molecule has 0 saturated heterocycles. The van der Waals surface area contributed by atoms with E-state index in [1.54, 1.807) is 11.0 Å². The standard InChI is InChI=1S/C11H15Cl2NO3/c12-9-5-8(11(17)10(13)6-9)7-14(1-3-15)2-4-16/h5-6,15-17H,1-4,7H2. The monoisotopic (exact) mass is 279 g/mol. The summed E-state index contributed by atoms with van der Waals surface area (Å²) in [5.41, 5.74) is 0.574. The molecule has 96 valence electrons. The maximum absolute atomic E-state index is 9.77. The van der Waals surface area contributed by atoms with Crippen LogP contribution in [0.1, 0.15) is 5.56 Å². The van der Waals surface area contributed by atoms with Gasteiger partial charge in [-0.05, 0) is 12.1 Å². The second-order valence-electron chi connectivity index (χ2n) is 3.62. The Morgan fingerprint density at radius 1 is 1.06 bits per heavy atom. The summed E-state index contributed by atoms with van der Waals surface area (Å²) in [4.78, 5) is 1.79. The fourth-order valence-corrected chi connectivity index (χ4v) is 2.07. The largest absolute Gasteiger partial charge is 0.506 e. The third-order valence-electron chi connectivity index (χ3n) is 2.33. The number of aromatic hydroxyl groups is 1. The van der Waals surface area contributed by atoms with E-state index in [0.29, 0.717) is 30.2 Å². The molecule has 0 unspecified atom stereocenters. The van der Waals surface area contributed by atoms with E-state index >= 15 is 0 Å². The molecule has 0 amide bonds. The minimum absolute atomic E-state index is 0.0167. The normalized spacial score (nSPS) is 11.1. The summed E-state index contributed by atoms with van der Waals surface area (Å²) in [5, 5.41) is 28.2. The molecule has 1 aromatic rings. The van der Waals surface area contributed by atoms with Crippen molar-refractivity contribution in [3.63, 3.8) is 0 Å². The van der Waals surface area contributed by atoms with E-state index in [-0.39, 0.29) is 24.0 Å². The van der Waals surface area contributed by atoms with Gasteiger partial charge in [0.05, 0.1) is 18.2 Å². The first kappa shape index (κ1) is 14.5. The number of phenols is 1. The molecule has 4 nitrogen and oxygen atoms in total. The Bertz CT molecular complexity index is 368. The quantitative estimate of drug-likeness (QED) is 0.738. The van der Waals surface area contributed by atoms with Crippen LogP contribution >= 0.6 is 23.2 Å². The molecule has 0 bridgehead atoms. The van der Waals surface area contributed by atoms with Crippen LogP contribution in [-0.4, -0.2) is 46.5 Å².